The number of carbonyl (C=O) groups is 3. The highest BCUT2D eigenvalue weighted by molar-refractivity contribution is 6.34. The summed E-state index contributed by atoms with van der Waals surface area (Å²) in [6, 6.07) is 4.78. The summed E-state index contributed by atoms with van der Waals surface area (Å²) in [5.41, 5.74) is 6.30. The Balaban J connectivity index is 1.76. The summed E-state index contributed by atoms with van der Waals surface area (Å²) in [6.45, 7) is 4.37. The Labute approximate surface area is 158 Å². The molecule has 4 N–H and O–H groups in total. The van der Waals surface area contributed by atoms with Gasteiger partial charge in [-0.3, -0.25) is 14.4 Å². The fourth-order valence-electron chi connectivity index (χ4n) is 3.07. The van der Waals surface area contributed by atoms with Gasteiger partial charge in [-0.15, -0.1) is 0 Å². The van der Waals surface area contributed by atoms with Gasteiger partial charge in [0.15, 0.2) is 0 Å². The third-order valence-electron chi connectivity index (χ3n) is 4.38. The van der Waals surface area contributed by atoms with Crippen LogP contribution in [0.4, 0.5) is 5.69 Å². The molecule has 1 saturated heterocycles. The van der Waals surface area contributed by atoms with Gasteiger partial charge in [0.25, 0.3) is 5.91 Å². The van der Waals surface area contributed by atoms with E-state index in [-0.39, 0.29) is 28.7 Å². The van der Waals surface area contributed by atoms with Gasteiger partial charge in [0, 0.05) is 25.7 Å². The standard InChI is InChI=1S/C18H25ClN4O3/c1-12(24)22-14-5-6-15(16(19)10-14)18(26)21-7-3-9-23-8-2-4-13(11-23)17(20)25/h5-6,10,13H,2-4,7-9,11H2,1H3,(H2,20,25)(H,21,26)(H,22,24)/t13-/m0/s1. The Morgan fingerprint density at radius 2 is 2.12 bits per heavy atom. The zero-order valence-corrected chi connectivity index (χ0v) is 15.6. The molecule has 0 spiro atoms. The van der Waals surface area contributed by atoms with Crippen molar-refractivity contribution in [2.45, 2.75) is 26.2 Å². The first-order valence-corrected chi connectivity index (χ1v) is 9.11. The van der Waals surface area contributed by atoms with Gasteiger partial charge in [-0.1, -0.05) is 11.6 Å². The molecule has 1 heterocycles. The molecule has 0 bridgehead atoms. The molecule has 0 unspecified atom stereocenters. The first-order valence-electron chi connectivity index (χ1n) is 8.74. The van der Waals surface area contributed by atoms with Crippen LogP contribution in [0.2, 0.25) is 5.02 Å². The molecule has 142 valence electrons. The fourth-order valence-corrected chi connectivity index (χ4v) is 3.34. The SMILES string of the molecule is CC(=O)Nc1ccc(C(=O)NCCCN2CCC[C@H](C(N)=O)C2)c(Cl)c1. The average Bonchev–Trinajstić information content (AvgIpc) is 2.58. The predicted molar refractivity (Wildman–Crippen MR) is 101 cm³/mol. The number of benzene rings is 1. The second kappa shape index (κ2) is 9.54. The third-order valence-corrected chi connectivity index (χ3v) is 4.69. The number of likely N-dealkylation sites (tertiary alicyclic amines) is 1. The minimum Gasteiger partial charge on any atom is -0.369 e. The number of halogens is 1. The van der Waals surface area contributed by atoms with Crippen LogP contribution in [0.25, 0.3) is 0 Å². The van der Waals surface area contributed by atoms with E-state index in [0.717, 1.165) is 32.4 Å². The molecular weight excluding hydrogens is 356 g/mol. The van der Waals surface area contributed by atoms with Gasteiger partial charge in [-0.2, -0.15) is 0 Å². The van der Waals surface area contributed by atoms with Crippen molar-refractivity contribution >= 4 is 35.0 Å². The number of rotatable bonds is 7. The fraction of sp³-hybridized carbons (Fsp3) is 0.500. The summed E-state index contributed by atoms with van der Waals surface area (Å²) in [5.74, 6) is -0.757. The third kappa shape index (κ3) is 6.00. The summed E-state index contributed by atoms with van der Waals surface area (Å²) >= 11 is 6.12. The van der Waals surface area contributed by atoms with E-state index in [1.807, 2.05) is 0 Å². The van der Waals surface area contributed by atoms with E-state index in [2.05, 4.69) is 15.5 Å². The number of piperidine rings is 1. The molecule has 26 heavy (non-hydrogen) atoms. The van der Waals surface area contributed by atoms with Crippen LogP contribution in [-0.2, 0) is 9.59 Å². The van der Waals surface area contributed by atoms with Crippen LogP contribution < -0.4 is 16.4 Å². The van der Waals surface area contributed by atoms with Crippen molar-refractivity contribution in [1.82, 2.24) is 10.2 Å². The lowest BCUT2D eigenvalue weighted by Gasteiger charge is -2.31. The molecule has 1 aliphatic heterocycles. The number of nitrogens with two attached hydrogens (primary N) is 1. The molecule has 0 saturated carbocycles. The van der Waals surface area contributed by atoms with Crippen LogP contribution in [-0.4, -0.2) is 48.8 Å². The Bertz CT molecular complexity index is 680. The smallest absolute Gasteiger partial charge is 0.252 e. The van der Waals surface area contributed by atoms with Crippen molar-refractivity contribution in [3.63, 3.8) is 0 Å². The van der Waals surface area contributed by atoms with Crippen LogP contribution in [0.1, 0.15) is 36.5 Å². The molecule has 1 aromatic carbocycles. The summed E-state index contributed by atoms with van der Waals surface area (Å²) in [6.07, 6.45) is 2.60. The van der Waals surface area contributed by atoms with Crippen molar-refractivity contribution in [2.75, 3.05) is 31.5 Å². The zero-order chi connectivity index (χ0) is 19.1. The number of anilines is 1. The zero-order valence-electron chi connectivity index (χ0n) is 14.9. The number of hydrogen-bond acceptors (Lipinski definition) is 4. The lowest BCUT2D eigenvalue weighted by atomic mass is 9.97. The molecule has 0 aromatic heterocycles. The molecule has 0 radical (unpaired) electrons. The second-order valence-electron chi connectivity index (χ2n) is 6.53. The number of nitrogens with one attached hydrogen (secondary N) is 2. The van der Waals surface area contributed by atoms with Crippen molar-refractivity contribution < 1.29 is 14.4 Å². The van der Waals surface area contributed by atoms with E-state index >= 15 is 0 Å². The van der Waals surface area contributed by atoms with Crippen LogP contribution in [0.15, 0.2) is 18.2 Å². The number of amides is 3. The molecule has 1 fully saturated rings. The molecule has 1 aromatic rings. The Morgan fingerprint density at radius 1 is 1.35 bits per heavy atom. The normalized spacial score (nSPS) is 17.5. The highest BCUT2D eigenvalue weighted by Gasteiger charge is 2.23. The molecular formula is C18H25ClN4O3. The van der Waals surface area contributed by atoms with Gasteiger partial charge in [-0.25, -0.2) is 0 Å². The summed E-state index contributed by atoms with van der Waals surface area (Å²) in [5, 5.41) is 5.75. The number of primary amides is 1. The number of hydrogen-bond donors (Lipinski definition) is 3. The highest BCUT2D eigenvalue weighted by Crippen LogP contribution is 2.21. The minimum absolute atomic E-state index is 0.0701. The molecule has 1 atom stereocenters. The summed E-state index contributed by atoms with van der Waals surface area (Å²) in [7, 11) is 0. The van der Waals surface area contributed by atoms with Gasteiger partial charge in [0.05, 0.1) is 16.5 Å². The van der Waals surface area contributed by atoms with Crippen LogP contribution >= 0.6 is 11.6 Å². The lowest BCUT2D eigenvalue weighted by molar-refractivity contribution is -0.123. The predicted octanol–water partition coefficient (Wildman–Crippen LogP) is 1.62. The largest absolute Gasteiger partial charge is 0.369 e. The van der Waals surface area contributed by atoms with Crippen molar-refractivity contribution in [3.8, 4) is 0 Å². The monoisotopic (exact) mass is 380 g/mol. The maximum Gasteiger partial charge on any atom is 0.252 e. The van der Waals surface area contributed by atoms with Crippen molar-refractivity contribution in [1.29, 1.82) is 0 Å². The Kier molecular flexibility index (Phi) is 7.41. The molecule has 0 aliphatic carbocycles. The van der Waals surface area contributed by atoms with Crippen molar-refractivity contribution in [3.05, 3.63) is 28.8 Å². The van der Waals surface area contributed by atoms with Crippen molar-refractivity contribution in [2.24, 2.45) is 11.7 Å². The number of nitrogens with zero attached hydrogens (tertiary/aromatic N) is 1. The van der Waals surface area contributed by atoms with E-state index < -0.39 is 0 Å². The van der Waals surface area contributed by atoms with E-state index in [4.69, 9.17) is 17.3 Å². The van der Waals surface area contributed by atoms with Crippen LogP contribution in [0, 0.1) is 5.92 Å². The molecule has 1 aliphatic rings. The van der Waals surface area contributed by atoms with Gasteiger partial charge >= 0.3 is 0 Å². The van der Waals surface area contributed by atoms with Gasteiger partial charge in [-0.05, 0) is 50.6 Å². The van der Waals surface area contributed by atoms with Crippen LogP contribution in [0.5, 0.6) is 0 Å². The first kappa shape index (κ1) is 20.2. The van der Waals surface area contributed by atoms with Gasteiger partial charge in [0.2, 0.25) is 11.8 Å². The quantitative estimate of drug-likeness (QED) is 0.625. The lowest BCUT2D eigenvalue weighted by Crippen LogP contribution is -2.42. The first-order chi connectivity index (χ1) is 12.4. The van der Waals surface area contributed by atoms with Crippen LogP contribution in [0.3, 0.4) is 0 Å². The number of carbonyl (C=O) groups excluding carboxylic acids is 3. The molecule has 2 rings (SSSR count). The van der Waals surface area contributed by atoms with E-state index in [1.54, 1.807) is 18.2 Å². The maximum absolute atomic E-state index is 12.2. The Hall–Kier alpha value is -2.12. The maximum atomic E-state index is 12.2. The second-order valence-corrected chi connectivity index (χ2v) is 6.93. The average molecular weight is 381 g/mol. The summed E-state index contributed by atoms with van der Waals surface area (Å²) < 4.78 is 0. The molecule has 3 amide bonds. The summed E-state index contributed by atoms with van der Waals surface area (Å²) in [4.78, 5) is 36.8. The van der Waals surface area contributed by atoms with E-state index in [9.17, 15) is 14.4 Å². The van der Waals surface area contributed by atoms with E-state index in [1.165, 1.54) is 6.92 Å². The van der Waals surface area contributed by atoms with Gasteiger partial charge in [0.1, 0.15) is 0 Å². The van der Waals surface area contributed by atoms with Gasteiger partial charge < -0.3 is 21.3 Å². The topological polar surface area (TPSA) is 105 Å². The molecule has 8 heteroatoms. The molecule has 7 nitrogen and oxygen atoms in total. The van der Waals surface area contributed by atoms with E-state index in [0.29, 0.717) is 24.3 Å². The minimum atomic E-state index is -0.252. The Morgan fingerprint density at radius 3 is 2.77 bits per heavy atom. The highest BCUT2D eigenvalue weighted by atomic mass is 35.5.